The second kappa shape index (κ2) is 6.27. The molecule has 1 unspecified atom stereocenters. The van der Waals surface area contributed by atoms with Gasteiger partial charge in [0.2, 0.25) is 0 Å². The van der Waals surface area contributed by atoms with Gasteiger partial charge in [0.05, 0.1) is 13.7 Å². The molecule has 0 spiro atoms. The van der Waals surface area contributed by atoms with Gasteiger partial charge in [0.25, 0.3) is 0 Å². The normalized spacial score (nSPS) is 17.4. The molecular weight excluding hydrogens is 254 g/mol. The summed E-state index contributed by atoms with van der Waals surface area (Å²) in [6.07, 6.45) is 2.91. The largest absolute Gasteiger partial charge is 0.497 e. The van der Waals surface area contributed by atoms with Gasteiger partial charge in [-0.25, -0.2) is 4.79 Å². The summed E-state index contributed by atoms with van der Waals surface area (Å²) < 4.78 is 10.5. The monoisotopic (exact) mass is 277 g/mol. The van der Waals surface area contributed by atoms with E-state index in [4.69, 9.17) is 9.47 Å². The van der Waals surface area contributed by atoms with E-state index in [9.17, 15) is 4.79 Å². The van der Waals surface area contributed by atoms with E-state index in [0.29, 0.717) is 19.1 Å². The summed E-state index contributed by atoms with van der Waals surface area (Å²) >= 11 is 0. The zero-order valence-electron chi connectivity index (χ0n) is 12.4. The van der Waals surface area contributed by atoms with Gasteiger partial charge in [0, 0.05) is 6.04 Å². The highest BCUT2D eigenvalue weighted by Crippen LogP contribution is 2.33. The van der Waals surface area contributed by atoms with Crippen LogP contribution in [0.5, 0.6) is 5.75 Å². The number of methoxy groups -OCH3 is 1. The molecule has 1 atom stereocenters. The quantitative estimate of drug-likeness (QED) is 0.778. The number of esters is 1. The molecule has 4 heteroatoms. The number of carbonyl (C=O) groups excluding carboxylic acids is 1. The zero-order chi connectivity index (χ0) is 14.6. The lowest BCUT2D eigenvalue weighted by Gasteiger charge is -2.32. The minimum atomic E-state index is -0.747. The Hall–Kier alpha value is -1.55. The maximum absolute atomic E-state index is 12.5. The van der Waals surface area contributed by atoms with Crippen molar-refractivity contribution in [1.82, 2.24) is 5.32 Å². The van der Waals surface area contributed by atoms with Crippen LogP contribution in [0.1, 0.15) is 38.7 Å². The standard InChI is InChI=1S/C16H23NO3/c1-4-16(15(18)20-5-2,17-13-8-9-13)12-6-10-14(19-3)11-7-12/h6-7,10-11,13,17H,4-5,8-9H2,1-3H3. The van der Waals surface area contributed by atoms with E-state index < -0.39 is 5.54 Å². The molecular formula is C16H23NO3. The minimum absolute atomic E-state index is 0.195. The SMILES string of the molecule is CCOC(=O)C(CC)(NC1CC1)c1ccc(OC)cc1. The molecule has 1 fully saturated rings. The highest BCUT2D eigenvalue weighted by molar-refractivity contribution is 5.82. The van der Waals surface area contributed by atoms with E-state index in [1.54, 1.807) is 7.11 Å². The molecule has 0 bridgehead atoms. The molecule has 0 saturated heterocycles. The Morgan fingerprint density at radius 1 is 1.30 bits per heavy atom. The van der Waals surface area contributed by atoms with Gasteiger partial charge < -0.3 is 9.47 Å². The van der Waals surface area contributed by atoms with Crippen LogP contribution in [0.15, 0.2) is 24.3 Å². The minimum Gasteiger partial charge on any atom is -0.497 e. The molecule has 20 heavy (non-hydrogen) atoms. The molecule has 0 aromatic heterocycles. The second-order valence-corrected chi connectivity index (χ2v) is 5.13. The average Bonchev–Trinajstić information content (AvgIpc) is 3.29. The first-order valence-electron chi connectivity index (χ1n) is 7.25. The zero-order valence-corrected chi connectivity index (χ0v) is 12.4. The number of carbonyl (C=O) groups is 1. The van der Waals surface area contributed by atoms with Crippen LogP contribution in [-0.2, 0) is 15.1 Å². The van der Waals surface area contributed by atoms with Crippen molar-refractivity contribution in [2.75, 3.05) is 13.7 Å². The molecule has 1 aliphatic carbocycles. The van der Waals surface area contributed by atoms with Crippen LogP contribution >= 0.6 is 0 Å². The van der Waals surface area contributed by atoms with Crippen molar-refractivity contribution < 1.29 is 14.3 Å². The Kier molecular flexibility index (Phi) is 4.65. The smallest absolute Gasteiger partial charge is 0.330 e. The predicted octanol–water partition coefficient (Wildman–Crippen LogP) is 2.62. The molecule has 1 aromatic rings. The summed E-state index contributed by atoms with van der Waals surface area (Å²) in [5.74, 6) is 0.591. The predicted molar refractivity (Wildman–Crippen MR) is 77.8 cm³/mol. The van der Waals surface area contributed by atoms with Gasteiger partial charge in [-0.15, -0.1) is 0 Å². The van der Waals surface area contributed by atoms with Crippen molar-refractivity contribution in [3.63, 3.8) is 0 Å². The van der Waals surface area contributed by atoms with Gasteiger partial charge in [0.15, 0.2) is 0 Å². The number of benzene rings is 1. The molecule has 1 aliphatic rings. The van der Waals surface area contributed by atoms with E-state index in [2.05, 4.69) is 5.32 Å². The van der Waals surface area contributed by atoms with Crippen molar-refractivity contribution >= 4 is 5.97 Å². The average molecular weight is 277 g/mol. The van der Waals surface area contributed by atoms with E-state index in [-0.39, 0.29) is 5.97 Å². The highest BCUT2D eigenvalue weighted by atomic mass is 16.5. The van der Waals surface area contributed by atoms with Crippen LogP contribution < -0.4 is 10.1 Å². The summed E-state index contributed by atoms with van der Waals surface area (Å²) in [6, 6.07) is 8.06. The number of ether oxygens (including phenoxy) is 2. The highest BCUT2D eigenvalue weighted by Gasteiger charge is 2.43. The first-order chi connectivity index (χ1) is 9.66. The van der Waals surface area contributed by atoms with E-state index >= 15 is 0 Å². The summed E-state index contributed by atoms with van der Waals surface area (Å²) in [7, 11) is 1.63. The molecule has 0 radical (unpaired) electrons. The third kappa shape index (κ3) is 2.96. The van der Waals surface area contributed by atoms with E-state index in [0.717, 1.165) is 24.2 Å². The van der Waals surface area contributed by atoms with Gasteiger partial charge in [-0.1, -0.05) is 19.1 Å². The maximum atomic E-state index is 12.5. The Morgan fingerprint density at radius 3 is 2.40 bits per heavy atom. The summed E-state index contributed by atoms with van der Waals surface area (Å²) in [6.45, 7) is 4.24. The Bertz CT molecular complexity index is 453. The summed E-state index contributed by atoms with van der Waals surface area (Å²) in [5.41, 5.74) is 0.190. The topological polar surface area (TPSA) is 47.6 Å². The molecule has 0 heterocycles. The number of hydrogen-bond donors (Lipinski definition) is 1. The fourth-order valence-corrected chi connectivity index (χ4v) is 2.42. The summed E-state index contributed by atoms with van der Waals surface area (Å²) in [5, 5.41) is 3.48. The van der Waals surface area contributed by atoms with Crippen LogP contribution in [0.2, 0.25) is 0 Å². The third-order valence-electron chi connectivity index (χ3n) is 3.76. The van der Waals surface area contributed by atoms with Crippen LogP contribution in [0.4, 0.5) is 0 Å². The lowest BCUT2D eigenvalue weighted by molar-refractivity contribution is -0.152. The van der Waals surface area contributed by atoms with Crippen molar-refractivity contribution in [2.45, 2.75) is 44.7 Å². The third-order valence-corrected chi connectivity index (χ3v) is 3.76. The molecule has 110 valence electrons. The second-order valence-electron chi connectivity index (χ2n) is 5.13. The molecule has 1 N–H and O–H groups in total. The molecule has 1 aromatic carbocycles. The molecule has 2 rings (SSSR count). The molecule has 0 aliphatic heterocycles. The van der Waals surface area contributed by atoms with Crippen LogP contribution in [0, 0.1) is 0 Å². The number of hydrogen-bond acceptors (Lipinski definition) is 4. The number of rotatable bonds is 7. The number of nitrogens with one attached hydrogen (secondary N) is 1. The first-order valence-corrected chi connectivity index (χ1v) is 7.25. The van der Waals surface area contributed by atoms with E-state index in [1.807, 2.05) is 38.1 Å². The Balaban J connectivity index is 2.33. The van der Waals surface area contributed by atoms with Crippen LogP contribution in [-0.4, -0.2) is 25.7 Å². The van der Waals surface area contributed by atoms with Crippen LogP contribution in [0.25, 0.3) is 0 Å². The first kappa shape index (κ1) is 14.9. The van der Waals surface area contributed by atoms with Gasteiger partial charge in [-0.2, -0.15) is 0 Å². The lowest BCUT2D eigenvalue weighted by Crippen LogP contribution is -2.50. The van der Waals surface area contributed by atoms with Crippen molar-refractivity contribution in [3.8, 4) is 5.75 Å². The van der Waals surface area contributed by atoms with E-state index in [1.165, 1.54) is 0 Å². The maximum Gasteiger partial charge on any atom is 0.330 e. The van der Waals surface area contributed by atoms with Crippen LogP contribution in [0.3, 0.4) is 0 Å². The Labute approximate surface area is 120 Å². The fourth-order valence-electron chi connectivity index (χ4n) is 2.42. The van der Waals surface area contributed by atoms with Crippen molar-refractivity contribution in [3.05, 3.63) is 29.8 Å². The molecule has 1 saturated carbocycles. The Morgan fingerprint density at radius 2 is 1.95 bits per heavy atom. The molecule has 0 amide bonds. The fraction of sp³-hybridized carbons (Fsp3) is 0.562. The summed E-state index contributed by atoms with van der Waals surface area (Å²) in [4.78, 5) is 12.5. The van der Waals surface area contributed by atoms with Gasteiger partial charge in [-0.05, 0) is 43.9 Å². The lowest BCUT2D eigenvalue weighted by atomic mass is 9.86. The van der Waals surface area contributed by atoms with Crippen molar-refractivity contribution in [1.29, 1.82) is 0 Å². The van der Waals surface area contributed by atoms with Gasteiger partial charge in [0.1, 0.15) is 11.3 Å². The van der Waals surface area contributed by atoms with Crippen molar-refractivity contribution in [2.24, 2.45) is 0 Å². The molecule has 4 nitrogen and oxygen atoms in total. The van der Waals surface area contributed by atoms with Gasteiger partial charge in [-0.3, -0.25) is 5.32 Å². The van der Waals surface area contributed by atoms with Gasteiger partial charge >= 0.3 is 5.97 Å².